The number of aliphatic imine (C=N–C) groups is 1. The largest absolute Gasteiger partial charge is 0.496 e. The normalized spacial score (nSPS) is 16.0. The first-order chi connectivity index (χ1) is 13.8. The number of nitrogens with one attached hydrogen (secondary N) is 2. The summed E-state index contributed by atoms with van der Waals surface area (Å²) in [7, 11) is 3.52. The highest BCUT2D eigenvalue weighted by Gasteiger charge is 2.24. The van der Waals surface area contributed by atoms with Gasteiger partial charge in [0.1, 0.15) is 11.5 Å². The van der Waals surface area contributed by atoms with Gasteiger partial charge in [-0.3, -0.25) is 9.89 Å². The minimum atomic E-state index is 0. The molecule has 6 nitrogen and oxygen atoms in total. The molecule has 1 aromatic heterocycles. The third-order valence-corrected chi connectivity index (χ3v) is 5.27. The lowest BCUT2D eigenvalue weighted by atomic mass is 10.1. The summed E-state index contributed by atoms with van der Waals surface area (Å²) in [6, 6.07) is 12.4. The lowest BCUT2D eigenvalue weighted by Crippen LogP contribution is -2.44. The van der Waals surface area contributed by atoms with Gasteiger partial charge < -0.3 is 19.8 Å². The molecule has 1 aromatic carbocycles. The first kappa shape index (κ1) is 23.5. The molecule has 1 atom stereocenters. The van der Waals surface area contributed by atoms with Crippen LogP contribution in [0.25, 0.3) is 0 Å². The Kier molecular flexibility index (Phi) is 10.3. The smallest absolute Gasteiger partial charge is 0.191 e. The number of guanidine groups is 1. The zero-order valence-corrected chi connectivity index (χ0v) is 19.7. The molecule has 160 valence electrons. The molecule has 2 N–H and O–H groups in total. The molecule has 29 heavy (non-hydrogen) atoms. The van der Waals surface area contributed by atoms with Crippen molar-refractivity contribution in [3.63, 3.8) is 0 Å². The van der Waals surface area contributed by atoms with Crippen LogP contribution >= 0.6 is 24.0 Å². The van der Waals surface area contributed by atoms with Crippen LogP contribution < -0.4 is 15.4 Å². The highest BCUT2D eigenvalue weighted by molar-refractivity contribution is 14.0. The molecular formula is C22H33IN4O2. The van der Waals surface area contributed by atoms with Crippen LogP contribution in [0.2, 0.25) is 0 Å². The van der Waals surface area contributed by atoms with E-state index in [0.717, 1.165) is 50.1 Å². The number of methoxy groups -OCH3 is 1. The summed E-state index contributed by atoms with van der Waals surface area (Å²) in [6.07, 6.45) is 6.46. The summed E-state index contributed by atoms with van der Waals surface area (Å²) in [5, 5.41) is 6.88. The highest BCUT2D eigenvalue weighted by Crippen LogP contribution is 2.24. The second-order valence-corrected chi connectivity index (χ2v) is 7.07. The van der Waals surface area contributed by atoms with E-state index in [1.54, 1.807) is 20.4 Å². The standard InChI is InChI=1S/C22H32N4O2.HI/c1-23-22(24-13-12-18-9-4-5-10-20(18)27-2)25-17-19(21-11-8-16-28-21)26-14-6-3-7-15-26;/h4-5,8-11,16,19H,3,6-7,12-15,17H2,1-2H3,(H2,23,24,25);1H. The number of hydrogen-bond acceptors (Lipinski definition) is 4. The molecule has 0 spiro atoms. The molecule has 1 unspecified atom stereocenters. The van der Waals surface area contributed by atoms with E-state index in [-0.39, 0.29) is 30.0 Å². The van der Waals surface area contributed by atoms with E-state index >= 15 is 0 Å². The zero-order chi connectivity index (χ0) is 19.6. The molecule has 2 heterocycles. The van der Waals surface area contributed by atoms with Crippen molar-refractivity contribution in [3.05, 3.63) is 54.0 Å². The van der Waals surface area contributed by atoms with Gasteiger partial charge in [0.2, 0.25) is 0 Å². The van der Waals surface area contributed by atoms with Crippen LogP contribution in [-0.2, 0) is 6.42 Å². The maximum Gasteiger partial charge on any atom is 0.191 e. The van der Waals surface area contributed by atoms with Crippen LogP contribution in [0.4, 0.5) is 0 Å². The minimum absolute atomic E-state index is 0. The second-order valence-electron chi connectivity index (χ2n) is 7.07. The van der Waals surface area contributed by atoms with Gasteiger partial charge in [0.05, 0.1) is 19.4 Å². The third kappa shape index (κ3) is 6.92. The van der Waals surface area contributed by atoms with Gasteiger partial charge in [-0.2, -0.15) is 0 Å². The summed E-state index contributed by atoms with van der Waals surface area (Å²) in [6.45, 7) is 3.79. The Balaban J connectivity index is 0.00000300. The van der Waals surface area contributed by atoms with Crippen LogP contribution in [-0.4, -0.2) is 51.2 Å². The topological polar surface area (TPSA) is 62.0 Å². The highest BCUT2D eigenvalue weighted by atomic mass is 127. The summed E-state index contributed by atoms with van der Waals surface area (Å²) in [5.41, 5.74) is 1.19. The number of likely N-dealkylation sites (tertiary alicyclic amines) is 1. The molecule has 1 saturated heterocycles. The number of nitrogens with zero attached hydrogens (tertiary/aromatic N) is 2. The fourth-order valence-corrected chi connectivity index (χ4v) is 3.76. The summed E-state index contributed by atoms with van der Waals surface area (Å²) < 4.78 is 11.2. The van der Waals surface area contributed by atoms with E-state index in [1.807, 2.05) is 24.3 Å². The molecule has 0 radical (unpaired) electrons. The Morgan fingerprint density at radius 2 is 1.93 bits per heavy atom. The number of rotatable bonds is 8. The van der Waals surface area contributed by atoms with Gasteiger partial charge >= 0.3 is 0 Å². The summed E-state index contributed by atoms with van der Waals surface area (Å²) in [5.74, 6) is 2.75. The van der Waals surface area contributed by atoms with Crippen molar-refractivity contribution in [2.45, 2.75) is 31.7 Å². The number of ether oxygens (including phenoxy) is 1. The fourth-order valence-electron chi connectivity index (χ4n) is 3.76. The Morgan fingerprint density at radius 3 is 2.62 bits per heavy atom. The zero-order valence-electron chi connectivity index (χ0n) is 17.4. The lowest BCUT2D eigenvalue weighted by molar-refractivity contribution is 0.146. The van der Waals surface area contributed by atoms with Crippen LogP contribution in [0.5, 0.6) is 5.75 Å². The molecule has 2 aromatic rings. The first-order valence-corrected chi connectivity index (χ1v) is 10.2. The molecule has 0 bridgehead atoms. The average Bonchev–Trinajstić information content (AvgIpc) is 3.28. The van der Waals surface area contributed by atoms with E-state index in [2.05, 4.69) is 32.7 Å². The number of hydrogen-bond donors (Lipinski definition) is 2. The van der Waals surface area contributed by atoms with E-state index < -0.39 is 0 Å². The van der Waals surface area contributed by atoms with Gasteiger partial charge in [-0.1, -0.05) is 24.6 Å². The van der Waals surface area contributed by atoms with Crippen LogP contribution in [0.3, 0.4) is 0 Å². The fraction of sp³-hybridized carbons (Fsp3) is 0.500. The third-order valence-electron chi connectivity index (χ3n) is 5.27. The SMILES string of the molecule is CN=C(NCCc1ccccc1OC)NCC(c1ccco1)N1CCCCC1.I. The molecule has 3 rings (SSSR count). The van der Waals surface area contributed by atoms with Crippen molar-refractivity contribution in [2.75, 3.05) is 40.3 Å². The number of piperidine rings is 1. The van der Waals surface area contributed by atoms with Gasteiger partial charge in [-0.25, -0.2) is 0 Å². The predicted octanol–water partition coefficient (Wildman–Crippen LogP) is 3.84. The van der Waals surface area contributed by atoms with E-state index in [9.17, 15) is 0 Å². The van der Waals surface area contributed by atoms with Gasteiger partial charge in [-0.05, 0) is 56.1 Å². The number of para-hydroxylation sites is 1. The molecule has 7 heteroatoms. The molecule has 1 fully saturated rings. The molecule has 0 aliphatic carbocycles. The Bertz CT molecular complexity index is 730. The van der Waals surface area contributed by atoms with Gasteiger partial charge in [0.15, 0.2) is 5.96 Å². The first-order valence-electron chi connectivity index (χ1n) is 10.2. The van der Waals surface area contributed by atoms with Gasteiger partial charge in [0, 0.05) is 20.1 Å². The van der Waals surface area contributed by atoms with E-state index in [1.165, 1.54) is 24.8 Å². The molecule has 1 aliphatic rings. The van der Waals surface area contributed by atoms with E-state index in [4.69, 9.17) is 9.15 Å². The van der Waals surface area contributed by atoms with Gasteiger partial charge in [-0.15, -0.1) is 24.0 Å². The van der Waals surface area contributed by atoms with Crippen LogP contribution in [0.1, 0.15) is 36.6 Å². The van der Waals surface area contributed by atoms with Gasteiger partial charge in [0.25, 0.3) is 0 Å². The Labute approximate surface area is 191 Å². The predicted molar refractivity (Wildman–Crippen MR) is 128 cm³/mol. The Morgan fingerprint density at radius 1 is 1.14 bits per heavy atom. The quantitative estimate of drug-likeness (QED) is 0.320. The molecule has 0 amide bonds. The van der Waals surface area contributed by atoms with Crippen molar-refractivity contribution in [1.29, 1.82) is 0 Å². The van der Waals surface area contributed by atoms with Crippen molar-refractivity contribution in [2.24, 2.45) is 4.99 Å². The number of halogens is 1. The average molecular weight is 512 g/mol. The lowest BCUT2D eigenvalue weighted by Gasteiger charge is -2.33. The monoisotopic (exact) mass is 512 g/mol. The number of benzene rings is 1. The maximum absolute atomic E-state index is 5.72. The second kappa shape index (κ2) is 12.7. The minimum Gasteiger partial charge on any atom is -0.496 e. The van der Waals surface area contributed by atoms with Crippen LogP contribution in [0.15, 0.2) is 52.1 Å². The van der Waals surface area contributed by atoms with Crippen molar-refractivity contribution < 1.29 is 9.15 Å². The Hall–Kier alpha value is -1.74. The van der Waals surface area contributed by atoms with E-state index in [0.29, 0.717) is 0 Å². The van der Waals surface area contributed by atoms with Crippen LogP contribution in [0, 0.1) is 0 Å². The molecule has 0 saturated carbocycles. The van der Waals surface area contributed by atoms with Crippen molar-refractivity contribution in [1.82, 2.24) is 15.5 Å². The molecular weight excluding hydrogens is 479 g/mol. The molecule has 1 aliphatic heterocycles. The number of furan rings is 1. The maximum atomic E-state index is 5.72. The van der Waals surface area contributed by atoms with Crippen molar-refractivity contribution in [3.8, 4) is 5.75 Å². The summed E-state index contributed by atoms with van der Waals surface area (Å²) in [4.78, 5) is 6.89. The van der Waals surface area contributed by atoms with Crippen molar-refractivity contribution >= 4 is 29.9 Å². The summed E-state index contributed by atoms with van der Waals surface area (Å²) >= 11 is 0.